The van der Waals surface area contributed by atoms with E-state index in [2.05, 4.69) is 10.3 Å². The Hall–Kier alpha value is -2.33. The Kier molecular flexibility index (Phi) is 3.30. The molecule has 4 nitrogen and oxygen atoms in total. The largest absolute Gasteiger partial charge is 0.298 e. The number of thiazole rings is 1. The van der Waals surface area contributed by atoms with E-state index in [4.69, 9.17) is 5.26 Å². The molecular weight excluding hydrogens is 260 g/mol. The van der Waals surface area contributed by atoms with E-state index in [1.807, 2.05) is 6.07 Å². The first kappa shape index (κ1) is 12.1. The maximum Gasteiger partial charge on any atom is 0.260 e. The molecule has 2 rings (SSSR count). The van der Waals surface area contributed by atoms with Gasteiger partial charge in [-0.05, 0) is 12.1 Å². The van der Waals surface area contributed by atoms with E-state index in [9.17, 15) is 13.6 Å². The molecule has 1 aromatic carbocycles. The molecule has 7 heteroatoms. The molecule has 0 bridgehead atoms. The van der Waals surface area contributed by atoms with Crippen LogP contribution in [-0.2, 0) is 0 Å². The van der Waals surface area contributed by atoms with Gasteiger partial charge in [0.25, 0.3) is 5.91 Å². The molecular formula is C11H5F2N3OS. The molecule has 0 spiro atoms. The van der Waals surface area contributed by atoms with E-state index in [0.717, 1.165) is 23.5 Å². The highest BCUT2D eigenvalue weighted by molar-refractivity contribution is 7.16. The quantitative estimate of drug-likeness (QED) is 0.907. The summed E-state index contributed by atoms with van der Waals surface area (Å²) >= 11 is 0.964. The summed E-state index contributed by atoms with van der Waals surface area (Å²) in [5, 5.41) is 11.1. The molecule has 18 heavy (non-hydrogen) atoms. The van der Waals surface area contributed by atoms with Crippen LogP contribution < -0.4 is 5.32 Å². The van der Waals surface area contributed by atoms with E-state index in [-0.39, 0.29) is 10.7 Å². The van der Waals surface area contributed by atoms with Crippen molar-refractivity contribution in [1.82, 2.24) is 4.98 Å². The summed E-state index contributed by atoms with van der Waals surface area (Å²) in [6, 6.07) is 4.51. The number of benzene rings is 1. The standard InChI is InChI=1S/C11H5F2N3OS/c12-6-1-2-8(9(13)3-6)10(17)16-11-15-5-7(4-14)18-11/h1-3,5H,(H,15,16,17). The van der Waals surface area contributed by atoms with Gasteiger partial charge in [0.2, 0.25) is 0 Å². The lowest BCUT2D eigenvalue weighted by atomic mass is 10.2. The van der Waals surface area contributed by atoms with Crippen molar-refractivity contribution >= 4 is 22.4 Å². The zero-order valence-electron chi connectivity index (χ0n) is 8.78. The summed E-state index contributed by atoms with van der Waals surface area (Å²) in [6.45, 7) is 0. The van der Waals surface area contributed by atoms with Crippen LogP contribution in [0.15, 0.2) is 24.4 Å². The number of aromatic nitrogens is 1. The normalized spacial score (nSPS) is 9.83. The Bertz CT molecular complexity index is 648. The van der Waals surface area contributed by atoms with Gasteiger partial charge in [-0.2, -0.15) is 5.26 Å². The molecule has 0 saturated heterocycles. The third kappa shape index (κ3) is 2.49. The van der Waals surface area contributed by atoms with Crippen LogP contribution >= 0.6 is 11.3 Å². The van der Waals surface area contributed by atoms with E-state index in [0.29, 0.717) is 10.9 Å². The first-order valence-corrected chi connectivity index (χ1v) is 5.54. The average molecular weight is 265 g/mol. The van der Waals surface area contributed by atoms with Crippen LogP contribution in [0.2, 0.25) is 0 Å². The lowest BCUT2D eigenvalue weighted by molar-refractivity contribution is 0.102. The Morgan fingerprint density at radius 2 is 2.22 bits per heavy atom. The number of carbonyl (C=O) groups is 1. The summed E-state index contributed by atoms with van der Waals surface area (Å²) in [6.07, 6.45) is 1.29. The number of nitriles is 1. The van der Waals surface area contributed by atoms with Crippen LogP contribution in [0.5, 0.6) is 0 Å². The molecule has 0 saturated carbocycles. The fourth-order valence-corrected chi connectivity index (χ4v) is 1.83. The number of rotatable bonds is 2. The second kappa shape index (κ2) is 4.89. The maximum atomic E-state index is 13.3. The second-order valence-corrected chi connectivity index (χ2v) is 4.25. The van der Waals surface area contributed by atoms with Crippen LogP contribution in [0, 0.1) is 23.0 Å². The molecule has 0 radical (unpaired) electrons. The SMILES string of the molecule is N#Cc1cnc(NC(=O)c2ccc(F)cc2F)s1. The minimum Gasteiger partial charge on any atom is -0.298 e. The molecule has 0 aliphatic carbocycles. The number of amides is 1. The predicted octanol–water partition coefficient (Wildman–Crippen LogP) is 2.55. The van der Waals surface area contributed by atoms with Crippen LogP contribution in [-0.4, -0.2) is 10.9 Å². The zero-order valence-corrected chi connectivity index (χ0v) is 9.59. The van der Waals surface area contributed by atoms with Crippen molar-refractivity contribution in [3.05, 3.63) is 46.5 Å². The Labute approximate surface area is 105 Å². The number of hydrogen-bond donors (Lipinski definition) is 1. The molecule has 1 N–H and O–H groups in total. The second-order valence-electron chi connectivity index (χ2n) is 3.22. The van der Waals surface area contributed by atoms with E-state index in [1.165, 1.54) is 6.20 Å². The Morgan fingerprint density at radius 1 is 1.44 bits per heavy atom. The van der Waals surface area contributed by atoms with Crippen molar-refractivity contribution in [3.8, 4) is 6.07 Å². The third-order valence-electron chi connectivity index (χ3n) is 2.01. The Morgan fingerprint density at radius 3 is 2.83 bits per heavy atom. The van der Waals surface area contributed by atoms with Gasteiger partial charge in [-0.15, -0.1) is 0 Å². The molecule has 1 amide bonds. The predicted molar refractivity (Wildman–Crippen MR) is 61.1 cm³/mol. The molecule has 1 aromatic heterocycles. The van der Waals surface area contributed by atoms with Crippen molar-refractivity contribution in [2.45, 2.75) is 0 Å². The highest BCUT2D eigenvalue weighted by Crippen LogP contribution is 2.18. The average Bonchev–Trinajstić information content (AvgIpc) is 2.76. The van der Waals surface area contributed by atoms with E-state index < -0.39 is 17.5 Å². The molecule has 1 heterocycles. The summed E-state index contributed by atoms with van der Waals surface area (Å²) in [7, 11) is 0. The fraction of sp³-hybridized carbons (Fsp3) is 0. The number of anilines is 1. The van der Waals surface area contributed by atoms with Crippen molar-refractivity contribution in [2.24, 2.45) is 0 Å². The van der Waals surface area contributed by atoms with Gasteiger partial charge in [-0.3, -0.25) is 10.1 Å². The smallest absolute Gasteiger partial charge is 0.260 e. The van der Waals surface area contributed by atoms with Crippen LogP contribution in [0.25, 0.3) is 0 Å². The van der Waals surface area contributed by atoms with Crippen molar-refractivity contribution < 1.29 is 13.6 Å². The highest BCUT2D eigenvalue weighted by atomic mass is 32.1. The molecule has 2 aromatic rings. The van der Waals surface area contributed by atoms with Gasteiger partial charge in [0.15, 0.2) is 5.13 Å². The number of hydrogen-bond acceptors (Lipinski definition) is 4. The first-order chi connectivity index (χ1) is 8.60. The summed E-state index contributed by atoms with van der Waals surface area (Å²) < 4.78 is 26.0. The lowest BCUT2D eigenvalue weighted by Crippen LogP contribution is -2.13. The van der Waals surface area contributed by atoms with Gasteiger partial charge < -0.3 is 0 Å². The number of halogens is 2. The molecule has 0 atom stereocenters. The van der Waals surface area contributed by atoms with Crippen LogP contribution in [0.4, 0.5) is 13.9 Å². The van der Waals surface area contributed by atoms with Crippen LogP contribution in [0.3, 0.4) is 0 Å². The summed E-state index contributed by atoms with van der Waals surface area (Å²) in [5.74, 6) is -2.46. The monoisotopic (exact) mass is 265 g/mol. The molecule has 90 valence electrons. The molecule has 0 unspecified atom stereocenters. The lowest BCUT2D eigenvalue weighted by Gasteiger charge is -2.02. The van der Waals surface area contributed by atoms with Crippen molar-refractivity contribution in [3.63, 3.8) is 0 Å². The van der Waals surface area contributed by atoms with Crippen LogP contribution in [0.1, 0.15) is 15.2 Å². The molecule has 0 fully saturated rings. The number of nitrogens with zero attached hydrogens (tertiary/aromatic N) is 2. The minimum absolute atomic E-state index is 0.181. The first-order valence-electron chi connectivity index (χ1n) is 4.72. The number of carbonyl (C=O) groups excluding carboxylic acids is 1. The molecule has 0 aliphatic heterocycles. The van der Waals surface area contributed by atoms with E-state index >= 15 is 0 Å². The highest BCUT2D eigenvalue weighted by Gasteiger charge is 2.14. The van der Waals surface area contributed by atoms with Gasteiger partial charge >= 0.3 is 0 Å². The maximum absolute atomic E-state index is 13.3. The summed E-state index contributed by atoms with van der Waals surface area (Å²) in [4.78, 5) is 15.7. The fourth-order valence-electron chi connectivity index (χ4n) is 1.22. The van der Waals surface area contributed by atoms with Gasteiger partial charge in [0.1, 0.15) is 22.6 Å². The van der Waals surface area contributed by atoms with Gasteiger partial charge in [0.05, 0.1) is 11.8 Å². The molecule has 0 aliphatic rings. The summed E-state index contributed by atoms with van der Waals surface area (Å²) in [5.41, 5.74) is -0.287. The van der Waals surface area contributed by atoms with Crippen molar-refractivity contribution in [1.29, 1.82) is 5.26 Å². The van der Waals surface area contributed by atoms with Crippen molar-refractivity contribution in [2.75, 3.05) is 5.32 Å². The van der Waals surface area contributed by atoms with Gasteiger partial charge in [0, 0.05) is 6.07 Å². The van der Waals surface area contributed by atoms with E-state index in [1.54, 1.807) is 0 Å². The van der Waals surface area contributed by atoms with Gasteiger partial charge in [-0.25, -0.2) is 13.8 Å². The van der Waals surface area contributed by atoms with Gasteiger partial charge in [-0.1, -0.05) is 11.3 Å². The zero-order chi connectivity index (χ0) is 13.1. The third-order valence-corrected chi connectivity index (χ3v) is 2.83. The minimum atomic E-state index is -0.954. The Balaban J connectivity index is 2.19. The topological polar surface area (TPSA) is 65.8 Å². The number of nitrogens with one attached hydrogen (secondary N) is 1.